The maximum absolute atomic E-state index is 9.42. The lowest BCUT2D eigenvalue weighted by molar-refractivity contribution is 0.198. The minimum atomic E-state index is -0.433. The average Bonchev–Trinajstić information content (AvgIpc) is 2.26. The Balaban J connectivity index is 2.58. The summed E-state index contributed by atoms with van der Waals surface area (Å²) in [5.74, 6) is 1.41. The summed E-state index contributed by atoms with van der Waals surface area (Å²) in [5.41, 5.74) is 0.900. The number of hydrogen-bond acceptors (Lipinski definition) is 2. The normalized spacial score (nSPS) is 14.7. The third-order valence-electron chi connectivity index (χ3n) is 2.57. The molecule has 0 radical (unpaired) electrons. The summed E-state index contributed by atoms with van der Waals surface area (Å²) in [6.07, 6.45) is 0.688. The van der Waals surface area contributed by atoms with Crippen LogP contribution in [0, 0.1) is 5.92 Å². The maximum atomic E-state index is 9.42. The molecule has 2 heteroatoms. The highest BCUT2D eigenvalue weighted by Gasteiger charge is 2.03. The van der Waals surface area contributed by atoms with Gasteiger partial charge in [-0.1, -0.05) is 32.4 Å². The molecule has 1 N–H and O–H groups in total. The number of hydrogen-bond donors (Lipinski definition) is 1. The molecule has 0 saturated heterocycles. The molecule has 0 spiro atoms. The molecule has 0 amide bonds. The van der Waals surface area contributed by atoms with Crippen molar-refractivity contribution in [3.8, 4) is 5.75 Å². The summed E-state index contributed by atoms with van der Waals surface area (Å²) in [7, 11) is 0. The van der Waals surface area contributed by atoms with Crippen LogP contribution in [0.15, 0.2) is 24.3 Å². The Morgan fingerprint density at radius 3 is 2.67 bits per heavy atom. The highest BCUT2D eigenvalue weighted by molar-refractivity contribution is 5.29. The quantitative estimate of drug-likeness (QED) is 0.805. The van der Waals surface area contributed by atoms with Crippen LogP contribution in [-0.4, -0.2) is 11.7 Å². The number of rotatable bonds is 5. The molecule has 0 aliphatic heterocycles. The Morgan fingerprint density at radius 2 is 2.07 bits per heavy atom. The minimum absolute atomic E-state index is 0.433. The number of benzene rings is 1. The lowest BCUT2D eigenvalue weighted by Gasteiger charge is -2.12. The zero-order chi connectivity index (χ0) is 11.3. The van der Waals surface area contributed by atoms with Crippen LogP contribution < -0.4 is 4.74 Å². The summed E-state index contributed by atoms with van der Waals surface area (Å²) in [6.45, 7) is 6.81. The van der Waals surface area contributed by atoms with E-state index in [1.807, 2.05) is 24.3 Å². The second-order valence-electron chi connectivity index (χ2n) is 4.07. The standard InChI is InChI=1S/C13H20O2/c1-4-10(2)9-15-13-7-5-6-12(8-13)11(3)14/h5-8,10-11,14H,4,9H2,1-3H3/t10?,11-/m0/s1. The third kappa shape index (κ3) is 3.92. The molecule has 0 bridgehead atoms. The highest BCUT2D eigenvalue weighted by Crippen LogP contribution is 2.19. The van der Waals surface area contributed by atoms with Crippen molar-refractivity contribution < 1.29 is 9.84 Å². The molecule has 0 heterocycles. The van der Waals surface area contributed by atoms with Gasteiger partial charge in [0.2, 0.25) is 0 Å². The summed E-state index contributed by atoms with van der Waals surface area (Å²) in [4.78, 5) is 0. The van der Waals surface area contributed by atoms with E-state index < -0.39 is 6.10 Å². The van der Waals surface area contributed by atoms with Crippen LogP contribution in [0.1, 0.15) is 38.9 Å². The van der Waals surface area contributed by atoms with E-state index in [0.717, 1.165) is 24.3 Å². The first-order chi connectivity index (χ1) is 7.13. The van der Waals surface area contributed by atoms with Crippen molar-refractivity contribution in [3.05, 3.63) is 29.8 Å². The fraction of sp³-hybridized carbons (Fsp3) is 0.538. The van der Waals surface area contributed by atoms with E-state index in [0.29, 0.717) is 5.92 Å². The second-order valence-corrected chi connectivity index (χ2v) is 4.07. The van der Waals surface area contributed by atoms with Crippen molar-refractivity contribution in [1.29, 1.82) is 0 Å². The molecular weight excluding hydrogens is 188 g/mol. The molecule has 1 rings (SSSR count). The largest absolute Gasteiger partial charge is 0.493 e. The summed E-state index contributed by atoms with van der Waals surface area (Å²) < 4.78 is 5.64. The van der Waals surface area contributed by atoms with Gasteiger partial charge in [-0.2, -0.15) is 0 Å². The molecule has 1 aromatic carbocycles. The van der Waals surface area contributed by atoms with Gasteiger partial charge in [-0.25, -0.2) is 0 Å². The van der Waals surface area contributed by atoms with Crippen LogP contribution >= 0.6 is 0 Å². The van der Waals surface area contributed by atoms with E-state index in [2.05, 4.69) is 13.8 Å². The summed E-state index contributed by atoms with van der Waals surface area (Å²) in [5, 5.41) is 9.42. The minimum Gasteiger partial charge on any atom is -0.493 e. The van der Waals surface area contributed by atoms with Crippen LogP contribution in [0.5, 0.6) is 5.75 Å². The number of aliphatic hydroxyl groups is 1. The van der Waals surface area contributed by atoms with E-state index >= 15 is 0 Å². The molecule has 0 aliphatic carbocycles. The van der Waals surface area contributed by atoms with Gasteiger partial charge in [0, 0.05) is 0 Å². The zero-order valence-corrected chi connectivity index (χ0v) is 9.73. The van der Waals surface area contributed by atoms with Crippen molar-refractivity contribution in [1.82, 2.24) is 0 Å². The SMILES string of the molecule is CCC(C)COc1cccc([C@H](C)O)c1. The first-order valence-corrected chi connectivity index (χ1v) is 5.54. The molecule has 15 heavy (non-hydrogen) atoms. The van der Waals surface area contributed by atoms with Gasteiger partial charge in [0.15, 0.2) is 0 Å². The molecule has 0 aliphatic rings. The highest BCUT2D eigenvalue weighted by atomic mass is 16.5. The van der Waals surface area contributed by atoms with Crippen molar-refractivity contribution in [2.24, 2.45) is 5.92 Å². The average molecular weight is 208 g/mol. The van der Waals surface area contributed by atoms with Crippen molar-refractivity contribution in [2.75, 3.05) is 6.61 Å². The zero-order valence-electron chi connectivity index (χ0n) is 9.73. The monoisotopic (exact) mass is 208 g/mol. The number of aliphatic hydroxyl groups excluding tert-OH is 1. The molecule has 1 unspecified atom stereocenters. The summed E-state index contributed by atoms with van der Waals surface area (Å²) in [6, 6.07) is 7.64. The first-order valence-electron chi connectivity index (χ1n) is 5.54. The Kier molecular flexibility index (Phi) is 4.63. The maximum Gasteiger partial charge on any atom is 0.119 e. The van der Waals surface area contributed by atoms with E-state index in [1.165, 1.54) is 0 Å². The van der Waals surface area contributed by atoms with Crippen molar-refractivity contribution >= 4 is 0 Å². The predicted molar refractivity (Wildman–Crippen MR) is 62.0 cm³/mol. The van der Waals surface area contributed by atoms with E-state index in [9.17, 15) is 5.11 Å². The van der Waals surface area contributed by atoms with Crippen molar-refractivity contribution in [2.45, 2.75) is 33.3 Å². The fourth-order valence-corrected chi connectivity index (χ4v) is 1.22. The third-order valence-corrected chi connectivity index (χ3v) is 2.57. The number of ether oxygens (including phenoxy) is 1. The molecule has 1 aromatic rings. The van der Waals surface area contributed by atoms with Gasteiger partial charge in [-0.05, 0) is 30.5 Å². The molecule has 2 atom stereocenters. The van der Waals surface area contributed by atoms with E-state index in [1.54, 1.807) is 6.92 Å². The Hall–Kier alpha value is -1.02. The lowest BCUT2D eigenvalue weighted by Crippen LogP contribution is -2.07. The lowest BCUT2D eigenvalue weighted by atomic mass is 10.1. The van der Waals surface area contributed by atoms with Crippen LogP contribution in [0.2, 0.25) is 0 Å². The molecule has 0 fully saturated rings. The first kappa shape index (κ1) is 12.1. The summed E-state index contributed by atoms with van der Waals surface area (Å²) >= 11 is 0. The van der Waals surface area contributed by atoms with Gasteiger partial charge in [0.25, 0.3) is 0 Å². The molecule has 84 valence electrons. The second kappa shape index (κ2) is 5.76. The van der Waals surface area contributed by atoms with Gasteiger partial charge in [0.05, 0.1) is 12.7 Å². The molecule has 2 nitrogen and oxygen atoms in total. The Morgan fingerprint density at radius 1 is 1.33 bits per heavy atom. The van der Waals surface area contributed by atoms with Gasteiger partial charge in [-0.15, -0.1) is 0 Å². The molecule has 0 saturated carbocycles. The predicted octanol–water partition coefficient (Wildman–Crippen LogP) is 3.16. The Bertz CT molecular complexity index is 294. The van der Waals surface area contributed by atoms with Crippen LogP contribution in [0.25, 0.3) is 0 Å². The fourth-order valence-electron chi connectivity index (χ4n) is 1.22. The Labute approximate surface area is 91.9 Å². The van der Waals surface area contributed by atoms with E-state index in [-0.39, 0.29) is 0 Å². The van der Waals surface area contributed by atoms with Gasteiger partial charge >= 0.3 is 0 Å². The smallest absolute Gasteiger partial charge is 0.119 e. The molecule has 0 aromatic heterocycles. The van der Waals surface area contributed by atoms with Gasteiger partial charge in [-0.3, -0.25) is 0 Å². The molecular formula is C13H20O2. The van der Waals surface area contributed by atoms with Crippen LogP contribution in [0.3, 0.4) is 0 Å². The van der Waals surface area contributed by atoms with Crippen LogP contribution in [0.4, 0.5) is 0 Å². The topological polar surface area (TPSA) is 29.5 Å². The van der Waals surface area contributed by atoms with Crippen LogP contribution in [-0.2, 0) is 0 Å². The van der Waals surface area contributed by atoms with Crippen molar-refractivity contribution in [3.63, 3.8) is 0 Å². The van der Waals surface area contributed by atoms with E-state index in [4.69, 9.17) is 4.74 Å². The van der Waals surface area contributed by atoms with Gasteiger partial charge < -0.3 is 9.84 Å². The van der Waals surface area contributed by atoms with Gasteiger partial charge in [0.1, 0.15) is 5.75 Å².